The van der Waals surface area contributed by atoms with Crippen molar-refractivity contribution in [3.05, 3.63) is 23.8 Å². The van der Waals surface area contributed by atoms with Crippen LogP contribution in [0.5, 0.6) is 11.5 Å². The minimum Gasteiger partial charge on any atom is -0.454 e. The predicted octanol–water partition coefficient (Wildman–Crippen LogP) is -0.847. The molecule has 8 heteroatoms. The molecule has 2 aliphatic heterocycles. The molecule has 1 amide bonds. The van der Waals surface area contributed by atoms with Crippen molar-refractivity contribution in [2.45, 2.75) is 5.79 Å². The zero-order valence-corrected chi connectivity index (χ0v) is 9.37. The Morgan fingerprint density at radius 2 is 1.74 bits per heavy atom. The van der Waals surface area contributed by atoms with Gasteiger partial charge >= 0.3 is 23.6 Å². The lowest BCUT2D eigenvalue weighted by Crippen LogP contribution is -2.42. The van der Waals surface area contributed by atoms with Crippen LogP contribution in [0.4, 0.5) is 0 Å². The number of carbonyl (C=O) groups excluding carboxylic acids is 3. The predicted molar refractivity (Wildman–Crippen MR) is 55.6 cm³/mol. The van der Waals surface area contributed by atoms with Gasteiger partial charge < -0.3 is 24.7 Å². The van der Waals surface area contributed by atoms with Crippen LogP contribution in [0.3, 0.4) is 0 Å². The summed E-state index contributed by atoms with van der Waals surface area (Å²) in [5, 5.41) is 0. The lowest BCUT2D eigenvalue weighted by atomic mass is 10.0. The lowest BCUT2D eigenvalue weighted by molar-refractivity contribution is -0.191. The standard InChI is InChI=1S/C11H7NO7/c12-10(15)11(18-8(13)9(14)19-11)5-1-2-6-7(3-5)17-4-16-6/h1-3H,4H2,(H2,12,15). The summed E-state index contributed by atoms with van der Waals surface area (Å²) in [7, 11) is 0. The molecule has 0 aliphatic carbocycles. The van der Waals surface area contributed by atoms with E-state index < -0.39 is 23.6 Å². The molecule has 0 aromatic heterocycles. The third kappa shape index (κ3) is 1.49. The summed E-state index contributed by atoms with van der Waals surface area (Å²) in [4.78, 5) is 33.8. The molecule has 2 N–H and O–H groups in total. The van der Waals surface area contributed by atoms with Crippen LogP contribution in [-0.4, -0.2) is 24.6 Å². The van der Waals surface area contributed by atoms with E-state index in [0.29, 0.717) is 11.5 Å². The second-order valence-electron chi connectivity index (χ2n) is 3.83. The third-order valence-electron chi connectivity index (χ3n) is 2.72. The van der Waals surface area contributed by atoms with Crippen molar-refractivity contribution >= 4 is 17.8 Å². The van der Waals surface area contributed by atoms with E-state index in [0.717, 1.165) is 0 Å². The molecule has 98 valence electrons. The molecular formula is C11H7NO7. The van der Waals surface area contributed by atoms with Crippen LogP contribution in [0, 0.1) is 0 Å². The van der Waals surface area contributed by atoms with E-state index in [2.05, 4.69) is 9.47 Å². The molecule has 1 fully saturated rings. The number of cyclic esters (lactones) is 2. The minimum atomic E-state index is -2.25. The van der Waals surface area contributed by atoms with Gasteiger partial charge in [0, 0.05) is 0 Å². The molecule has 0 unspecified atom stereocenters. The number of ether oxygens (including phenoxy) is 4. The number of amides is 1. The summed E-state index contributed by atoms with van der Waals surface area (Å²) in [6.45, 7) is 0.0297. The molecule has 3 rings (SSSR count). The van der Waals surface area contributed by atoms with E-state index in [1.807, 2.05) is 0 Å². The molecule has 0 atom stereocenters. The minimum absolute atomic E-state index is 0.0297. The summed E-state index contributed by atoms with van der Waals surface area (Å²) in [5.74, 6) is -5.15. The smallest absolute Gasteiger partial charge is 0.421 e. The summed E-state index contributed by atoms with van der Waals surface area (Å²) in [6, 6.07) is 4.24. The topological polar surface area (TPSA) is 114 Å². The van der Waals surface area contributed by atoms with Gasteiger partial charge in [0.1, 0.15) is 0 Å². The second kappa shape index (κ2) is 3.61. The number of carbonyl (C=O) groups is 3. The van der Waals surface area contributed by atoms with E-state index in [1.165, 1.54) is 18.2 Å². The molecule has 2 heterocycles. The third-order valence-corrected chi connectivity index (χ3v) is 2.72. The molecule has 8 nitrogen and oxygen atoms in total. The molecule has 0 spiro atoms. The van der Waals surface area contributed by atoms with Gasteiger partial charge in [-0.05, 0) is 18.2 Å². The number of nitrogens with two attached hydrogens (primary N) is 1. The normalized spacial score (nSPS) is 18.9. The first-order valence-corrected chi connectivity index (χ1v) is 5.19. The van der Waals surface area contributed by atoms with Crippen molar-refractivity contribution in [3.63, 3.8) is 0 Å². The van der Waals surface area contributed by atoms with Gasteiger partial charge in [-0.15, -0.1) is 0 Å². The quantitative estimate of drug-likeness (QED) is 0.547. The lowest BCUT2D eigenvalue weighted by Gasteiger charge is -2.21. The number of benzene rings is 1. The van der Waals surface area contributed by atoms with Gasteiger partial charge in [0.25, 0.3) is 0 Å². The van der Waals surface area contributed by atoms with Gasteiger partial charge in [-0.25, -0.2) is 9.59 Å². The van der Waals surface area contributed by atoms with Crippen molar-refractivity contribution in [3.8, 4) is 11.5 Å². The summed E-state index contributed by atoms with van der Waals surface area (Å²) < 4.78 is 19.6. The number of esters is 2. The molecule has 0 radical (unpaired) electrons. The zero-order chi connectivity index (χ0) is 13.6. The Hall–Kier alpha value is -2.77. The monoisotopic (exact) mass is 265 g/mol. The molecule has 2 aliphatic rings. The highest BCUT2D eigenvalue weighted by Crippen LogP contribution is 2.39. The number of primary amides is 1. The Bertz CT molecular complexity index is 593. The Morgan fingerprint density at radius 3 is 2.37 bits per heavy atom. The number of hydrogen-bond acceptors (Lipinski definition) is 7. The molecule has 1 saturated heterocycles. The van der Waals surface area contributed by atoms with Gasteiger partial charge in [0.15, 0.2) is 11.5 Å². The van der Waals surface area contributed by atoms with Gasteiger partial charge in [-0.2, -0.15) is 0 Å². The first-order valence-electron chi connectivity index (χ1n) is 5.19. The molecule has 19 heavy (non-hydrogen) atoms. The van der Waals surface area contributed by atoms with Gasteiger partial charge in [-0.3, -0.25) is 4.79 Å². The summed E-state index contributed by atoms with van der Waals surface area (Å²) in [5.41, 5.74) is 5.24. The highest BCUT2D eigenvalue weighted by atomic mass is 16.8. The van der Waals surface area contributed by atoms with Crippen molar-refractivity contribution in [2.24, 2.45) is 5.73 Å². The van der Waals surface area contributed by atoms with Crippen LogP contribution in [0.15, 0.2) is 18.2 Å². The highest BCUT2D eigenvalue weighted by molar-refractivity contribution is 6.32. The second-order valence-corrected chi connectivity index (χ2v) is 3.83. The highest BCUT2D eigenvalue weighted by Gasteiger charge is 2.55. The van der Waals surface area contributed by atoms with Crippen LogP contribution in [0.2, 0.25) is 0 Å². The van der Waals surface area contributed by atoms with Crippen molar-refractivity contribution in [1.82, 2.24) is 0 Å². The van der Waals surface area contributed by atoms with Gasteiger partial charge in [0.2, 0.25) is 6.79 Å². The fraction of sp³-hybridized carbons (Fsp3) is 0.182. The van der Waals surface area contributed by atoms with Crippen LogP contribution in [-0.2, 0) is 29.6 Å². The van der Waals surface area contributed by atoms with E-state index in [4.69, 9.17) is 15.2 Å². The van der Waals surface area contributed by atoms with Crippen LogP contribution < -0.4 is 15.2 Å². The molecule has 0 saturated carbocycles. The van der Waals surface area contributed by atoms with E-state index in [9.17, 15) is 14.4 Å². The fourth-order valence-electron chi connectivity index (χ4n) is 1.83. The largest absolute Gasteiger partial charge is 0.454 e. The average molecular weight is 265 g/mol. The van der Waals surface area contributed by atoms with Crippen LogP contribution in [0.1, 0.15) is 5.56 Å². The first kappa shape index (κ1) is 11.3. The van der Waals surface area contributed by atoms with E-state index in [-0.39, 0.29) is 12.4 Å². The van der Waals surface area contributed by atoms with Gasteiger partial charge in [0.05, 0.1) is 5.56 Å². The summed E-state index contributed by atoms with van der Waals surface area (Å²) >= 11 is 0. The maximum atomic E-state index is 11.5. The van der Waals surface area contributed by atoms with Crippen molar-refractivity contribution in [1.29, 1.82) is 0 Å². The summed E-state index contributed by atoms with van der Waals surface area (Å²) in [6.07, 6.45) is 0. The average Bonchev–Trinajstić information content (AvgIpc) is 2.94. The number of fused-ring (bicyclic) bond motifs is 1. The Kier molecular flexibility index (Phi) is 2.15. The molecule has 1 aromatic carbocycles. The van der Waals surface area contributed by atoms with Crippen LogP contribution in [0.25, 0.3) is 0 Å². The van der Waals surface area contributed by atoms with Gasteiger partial charge in [-0.1, -0.05) is 0 Å². The SMILES string of the molecule is NC(=O)C1(c2ccc3c(c2)OCO3)OC(=O)C(=O)O1. The molecule has 0 bridgehead atoms. The maximum Gasteiger partial charge on any atom is 0.421 e. The fourth-order valence-corrected chi connectivity index (χ4v) is 1.83. The van der Waals surface area contributed by atoms with Crippen molar-refractivity contribution in [2.75, 3.05) is 6.79 Å². The van der Waals surface area contributed by atoms with Crippen LogP contribution >= 0.6 is 0 Å². The van der Waals surface area contributed by atoms with E-state index in [1.54, 1.807) is 0 Å². The molecular weight excluding hydrogens is 258 g/mol. The Labute approximate surface area is 106 Å². The Balaban J connectivity index is 2.09. The molecule has 1 aromatic rings. The number of hydrogen-bond donors (Lipinski definition) is 1. The number of rotatable bonds is 2. The maximum absolute atomic E-state index is 11.5. The van der Waals surface area contributed by atoms with Crippen molar-refractivity contribution < 1.29 is 33.3 Å². The van der Waals surface area contributed by atoms with E-state index >= 15 is 0 Å². The zero-order valence-electron chi connectivity index (χ0n) is 9.37. The first-order chi connectivity index (χ1) is 9.03. The Morgan fingerprint density at radius 1 is 1.11 bits per heavy atom.